The molecule has 0 radical (unpaired) electrons. The van der Waals surface area contributed by atoms with Gasteiger partial charge in [0.05, 0.1) is 23.4 Å². The molecule has 0 bridgehead atoms. The SMILES string of the molecule is COC(=O)N1CCc2cc(N(CC(=O)OC(C)(C)C)S(=O)(=O)c3cc(Cl)cc(Cl)c3)ccc21. The van der Waals surface area contributed by atoms with Crippen LogP contribution in [0.4, 0.5) is 16.2 Å². The van der Waals surface area contributed by atoms with Crippen LogP contribution in [0.3, 0.4) is 0 Å². The number of nitrogens with zero attached hydrogens (tertiary/aromatic N) is 2. The molecule has 33 heavy (non-hydrogen) atoms. The normalized spacial score (nSPS) is 13.5. The van der Waals surface area contributed by atoms with Gasteiger partial charge in [0.2, 0.25) is 0 Å². The van der Waals surface area contributed by atoms with Gasteiger partial charge in [-0.1, -0.05) is 23.2 Å². The van der Waals surface area contributed by atoms with E-state index in [-0.39, 0.29) is 20.6 Å². The summed E-state index contributed by atoms with van der Waals surface area (Å²) in [7, 11) is -2.95. The van der Waals surface area contributed by atoms with E-state index in [1.54, 1.807) is 32.9 Å². The second-order valence-corrected chi connectivity index (χ2v) is 11.1. The zero-order valence-corrected chi connectivity index (χ0v) is 20.9. The van der Waals surface area contributed by atoms with Gasteiger partial charge in [-0.3, -0.25) is 14.0 Å². The maximum atomic E-state index is 13.6. The predicted octanol–water partition coefficient (Wildman–Crippen LogP) is 4.66. The van der Waals surface area contributed by atoms with Crippen LogP contribution in [0.2, 0.25) is 10.0 Å². The Labute approximate surface area is 203 Å². The number of fused-ring (bicyclic) bond motifs is 1. The summed E-state index contributed by atoms with van der Waals surface area (Å²) < 4.78 is 38.3. The van der Waals surface area contributed by atoms with Crippen LogP contribution in [-0.2, 0) is 30.7 Å². The summed E-state index contributed by atoms with van der Waals surface area (Å²) in [5.74, 6) is -0.726. The van der Waals surface area contributed by atoms with Gasteiger partial charge < -0.3 is 9.47 Å². The monoisotopic (exact) mass is 514 g/mol. The summed E-state index contributed by atoms with van der Waals surface area (Å²) in [6.07, 6.45) is -0.00462. The number of carbonyl (C=O) groups is 2. The fourth-order valence-corrected chi connectivity index (χ4v) is 5.58. The number of methoxy groups -OCH3 is 1. The van der Waals surface area contributed by atoms with E-state index in [1.165, 1.54) is 36.3 Å². The molecule has 0 fully saturated rings. The van der Waals surface area contributed by atoms with E-state index >= 15 is 0 Å². The first-order valence-corrected chi connectivity index (χ1v) is 12.2. The first kappa shape index (κ1) is 25.1. The van der Waals surface area contributed by atoms with Crippen molar-refractivity contribution in [2.24, 2.45) is 0 Å². The highest BCUT2D eigenvalue weighted by Gasteiger charge is 2.32. The Balaban J connectivity index is 2.06. The van der Waals surface area contributed by atoms with E-state index in [0.29, 0.717) is 18.7 Å². The van der Waals surface area contributed by atoms with Crippen molar-refractivity contribution in [3.8, 4) is 0 Å². The fourth-order valence-electron chi connectivity index (χ4n) is 3.45. The molecule has 1 heterocycles. The van der Waals surface area contributed by atoms with Crippen molar-refractivity contribution >= 4 is 56.7 Å². The molecule has 178 valence electrons. The number of benzene rings is 2. The smallest absolute Gasteiger partial charge is 0.414 e. The third-order valence-corrected chi connectivity index (χ3v) is 6.95. The lowest BCUT2D eigenvalue weighted by molar-refractivity contribution is -0.152. The topological polar surface area (TPSA) is 93.2 Å². The van der Waals surface area contributed by atoms with Crippen molar-refractivity contribution in [2.45, 2.75) is 37.7 Å². The molecule has 1 aliphatic heterocycles. The van der Waals surface area contributed by atoms with Crippen molar-refractivity contribution in [1.82, 2.24) is 0 Å². The molecule has 1 amide bonds. The van der Waals surface area contributed by atoms with Crippen LogP contribution in [0.15, 0.2) is 41.3 Å². The van der Waals surface area contributed by atoms with E-state index in [2.05, 4.69) is 0 Å². The molecule has 0 aliphatic carbocycles. The number of esters is 1. The molecule has 0 saturated heterocycles. The molecule has 3 rings (SSSR count). The molecule has 0 saturated carbocycles. The zero-order valence-electron chi connectivity index (χ0n) is 18.6. The number of ether oxygens (including phenoxy) is 2. The van der Waals surface area contributed by atoms with E-state index in [9.17, 15) is 18.0 Å². The predicted molar refractivity (Wildman–Crippen MR) is 127 cm³/mol. The molecule has 1 aliphatic rings. The standard InChI is InChI=1S/C22H24Cl2N2O6S/c1-22(2,3)32-20(27)13-26(33(29,30)18-11-15(23)10-16(24)12-18)17-5-6-19-14(9-17)7-8-25(19)21(28)31-4/h5-6,9-12H,7-8,13H2,1-4H3. The van der Waals surface area contributed by atoms with Gasteiger partial charge in [-0.15, -0.1) is 0 Å². The van der Waals surface area contributed by atoms with Gasteiger partial charge in [0.1, 0.15) is 12.1 Å². The number of halogens is 2. The Morgan fingerprint density at radius 3 is 2.30 bits per heavy atom. The van der Waals surface area contributed by atoms with Crippen molar-refractivity contribution in [2.75, 3.05) is 29.4 Å². The summed E-state index contributed by atoms with van der Waals surface area (Å²) >= 11 is 12.1. The number of hydrogen-bond acceptors (Lipinski definition) is 6. The largest absolute Gasteiger partial charge is 0.459 e. The number of rotatable bonds is 5. The number of sulfonamides is 1. The quantitative estimate of drug-likeness (QED) is 0.538. The summed E-state index contributed by atoms with van der Waals surface area (Å²) in [4.78, 5) is 25.9. The first-order chi connectivity index (χ1) is 15.3. The van der Waals surface area contributed by atoms with E-state index < -0.39 is 34.2 Å². The highest BCUT2D eigenvalue weighted by Crippen LogP contribution is 2.35. The number of anilines is 2. The molecule has 0 atom stereocenters. The van der Waals surface area contributed by atoms with Crippen LogP contribution in [0.5, 0.6) is 0 Å². The number of amides is 1. The molecular formula is C22H24Cl2N2O6S. The lowest BCUT2D eigenvalue weighted by Gasteiger charge is -2.27. The van der Waals surface area contributed by atoms with Crippen molar-refractivity contribution in [3.63, 3.8) is 0 Å². The average Bonchev–Trinajstić information content (AvgIpc) is 3.12. The Morgan fingerprint density at radius 2 is 1.73 bits per heavy atom. The van der Waals surface area contributed by atoms with Crippen LogP contribution >= 0.6 is 23.2 Å². The van der Waals surface area contributed by atoms with E-state index in [1.807, 2.05) is 0 Å². The lowest BCUT2D eigenvalue weighted by Crippen LogP contribution is -2.39. The van der Waals surface area contributed by atoms with Crippen molar-refractivity contribution in [3.05, 3.63) is 52.0 Å². The molecule has 8 nitrogen and oxygen atoms in total. The Hall–Kier alpha value is -2.49. The molecular weight excluding hydrogens is 491 g/mol. The van der Waals surface area contributed by atoms with Gasteiger partial charge in [-0.25, -0.2) is 13.2 Å². The molecule has 0 unspecified atom stereocenters. The highest BCUT2D eigenvalue weighted by atomic mass is 35.5. The molecule has 0 spiro atoms. The maximum Gasteiger partial charge on any atom is 0.414 e. The van der Waals surface area contributed by atoms with Crippen LogP contribution in [0.1, 0.15) is 26.3 Å². The molecule has 0 aromatic heterocycles. The summed E-state index contributed by atoms with van der Waals surface area (Å²) in [6.45, 7) is 4.91. The van der Waals surface area contributed by atoms with Gasteiger partial charge in [0.15, 0.2) is 0 Å². The third kappa shape index (κ3) is 5.72. The summed E-state index contributed by atoms with van der Waals surface area (Å²) in [5.41, 5.74) is 0.796. The van der Waals surface area contributed by atoms with Gasteiger partial charge in [0.25, 0.3) is 10.0 Å². The van der Waals surface area contributed by atoms with Gasteiger partial charge in [0, 0.05) is 16.6 Å². The Morgan fingerprint density at radius 1 is 1.09 bits per heavy atom. The zero-order chi connectivity index (χ0) is 24.6. The lowest BCUT2D eigenvalue weighted by atomic mass is 10.1. The van der Waals surface area contributed by atoms with Gasteiger partial charge >= 0.3 is 12.1 Å². The minimum atomic E-state index is -4.24. The van der Waals surface area contributed by atoms with Crippen molar-refractivity contribution < 1.29 is 27.5 Å². The number of hydrogen-bond donors (Lipinski definition) is 0. The average molecular weight is 515 g/mol. The second kappa shape index (κ2) is 9.40. The maximum absolute atomic E-state index is 13.6. The number of carbonyl (C=O) groups excluding carboxylic acids is 2. The van der Waals surface area contributed by atoms with Gasteiger partial charge in [-0.05, 0) is 69.2 Å². The van der Waals surface area contributed by atoms with Crippen LogP contribution in [0.25, 0.3) is 0 Å². The molecule has 11 heteroatoms. The Kier molecular flexibility index (Phi) is 7.16. The fraction of sp³-hybridized carbons (Fsp3) is 0.364. The van der Waals surface area contributed by atoms with Crippen molar-refractivity contribution in [1.29, 1.82) is 0 Å². The molecule has 2 aromatic carbocycles. The van der Waals surface area contributed by atoms with E-state index in [0.717, 1.165) is 9.87 Å². The summed E-state index contributed by atoms with van der Waals surface area (Å²) in [5, 5.41) is 0.280. The Bertz CT molecular complexity index is 1170. The highest BCUT2D eigenvalue weighted by molar-refractivity contribution is 7.92. The van der Waals surface area contributed by atoms with Crippen LogP contribution < -0.4 is 9.21 Å². The minimum Gasteiger partial charge on any atom is -0.459 e. The van der Waals surface area contributed by atoms with Gasteiger partial charge in [-0.2, -0.15) is 0 Å². The third-order valence-electron chi connectivity index (χ3n) is 4.76. The second-order valence-electron chi connectivity index (χ2n) is 8.39. The summed E-state index contributed by atoms with van der Waals surface area (Å²) in [6, 6.07) is 8.71. The van der Waals surface area contributed by atoms with Crippen LogP contribution in [-0.4, -0.2) is 46.3 Å². The molecule has 0 N–H and O–H groups in total. The minimum absolute atomic E-state index is 0.140. The first-order valence-electron chi connectivity index (χ1n) is 10.0. The van der Waals surface area contributed by atoms with Crippen LogP contribution in [0, 0.1) is 0 Å². The van der Waals surface area contributed by atoms with E-state index in [4.69, 9.17) is 32.7 Å². The molecule has 2 aromatic rings.